The zero-order valence-corrected chi connectivity index (χ0v) is 10.7. The van der Waals surface area contributed by atoms with Crippen molar-refractivity contribution in [3.8, 4) is 0 Å². The van der Waals surface area contributed by atoms with Gasteiger partial charge in [0.05, 0.1) is 5.60 Å². The molecule has 0 radical (unpaired) electrons. The standard InChI is InChI=1S/C13H20N2O3/c1-10-8-11(15-18-10)12(16)14-9-13(17)6-4-2-3-5-7-13/h8,17H,2-7,9H2,1H3,(H,14,16). The first-order valence-electron chi connectivity index (χ1n) is 6.53. The summed E-state index contributed by atoms with van der Waals surface area (Å²) in [6.45, 7) is 2.03. The fraction of sp³-hybridized carbons (Fsp3) is 0.692. The number of nitrogens with one attached hydrogen (secondary N) is 1. The van der Waals surface area contributed by atoms with Gasteiger partial charge < -0.3 is 14.9 Å². The Labute approximate surface area is 107 Å². The number of hydrogen-bond donors (Lipinski definition) is 2. The van der Waals surface area contributed by atoms with Gasteiger partial charge in [0, 0.05) is 12.6 Å². The van der Waals surface area contributed by atoms with Crippen LogP contribution in [0.15, 0.2) is 10.6 Å². The maximum Gasteiger partial charge on any atom is 0.273 e. The highest BCUT2D eigenvalue weighted by Crippen LogP contribution is 2.26. The average molecular weight is 252 g/mol. The van der Waals surface area contributed by atoms with Crippen LogP contribution in [-0.2, 0) is 0 Å². The van der Waals surface area contributed by atoms with E-state index in [0.717, 1.165) is 25.7 Å². The van der Waals surface area contributed by atoms with Gasteiger partial charge in [-0.25, -0.2) is 0 Å². The van der Waals surface area contributed by atoms with E-state index in [0.29, 0.717) is 5.76 Å². The van der Waals surface area contributed by atoms with Crippen molar-refractivity contribution in [1.29, 1.82) is 0 Å². The summed E-state index contributed by atoms with van der Waals surface area (Å²) >= 11 is 0. The van der Waals surface area contributed by atoms with Gasteiger partial charge in [-0.3, -0.25) is 4.79 Å². The highest BCUT2D eigenvalue weighted by Gasteiger charge is 2.28. The highest BCUT2D eigenvalue weighted by molar-refractivity contribution is 5.92. The van der Waals surface area contributed by atoms with Gasteiger partial charge >= 0.3 is 0 Å². The molecule has 1 saturated carbocycles. The topological polar surface area (TPSA) is 75.4 Å². The van der Waals surface area contributed by atoms with Crippen molar-refractivity contribution < 1.29 is 14.4 Å². The molecule has 1 amide bonds. The molecule has 5 nitrogen and oxygen atoms in total. The van der Waals surface area contributed by atoms with Gasteiger partial charge in [-0.05, 0) is 19.8 Å². The third-order valence-corrected chi connectivity index (χ3v) is 3.47. The molecule has 0 spiro atoms. The van der Waals surface area contributed by atoms with E-state index in [-0.39, 0.29) is 18.1 Å². The average Bonchev–Trinajstić information content (AvgIpc) is 2.66. The number of carbonyl (C=O) groups excluding carboxylic acids is 1. The molecule has 1 aromatic heterocycles. The fourth-order valence-electron chi connectivity index (χ4n) is 2.37. The van der Waals surface area contributed by atoms with Gasteiger partial charge in [0.25, 0.3) is 5.91 Å². The van der Waals surface area contributed by atoms with Crippen LogP contribution in [0.5, 0.6) is 0 Å². The number of rotatable bonds is 3. The molecule has 18 heavy (non-hydrogen) atoms. The molecule has 5 heteroatoms. The van der Waals surface area contributed by atoms with Crippen molar-refractivity contribution in [3.05, 3.63) is 17.5 Å². The van der Waals surface area contributed by atoms with Crippen molar-refractivity contribution in [2.75, 3.05) is 6.54 Å². The van der Waals surface area contributed by atoms with E-state index >= 15 is 0 Å². The van der Waals surface area contributed by atoms with Crippen LogP contribution in [0.1, 0.15) is 54.8 Å². The van der Waals surface area contributed by atoms with Crippen molar-refractivity contribution in [2.45, 2.75) is 51.0 Å². The van der Waals surface area contributed by atoms with Gasteiger partial charge in [-0.1, -0.05) is 30.8 Å². The van der Waals surface area contributed by atoms with E-state index in [1.807, 2.05) is 0 Å². The number of aliphatic hydroxyl groups is 1. The van der Waals surface area contributed by atoms with Crippen LogP contribution in [0, 0.1) is 6.92 Å². The summed E-state index contributed by atoms with van der Waals surface area (Å²) in [6, 6.07) is 1.59. The minimum Gasteiger partial charge on any atom is -0.388 e. The third-order valence-electron chi connectivity index (χ3n) is 3.47. The fourth-order valence-corrected chi connectivity index (χ4v) is 2.37. The molecule has 1 aliphatic rings. The predicted molar refractivity (Wildman–Crippen MR) is 66.2 cm³/mol. The minimum absolute atomic E-state index is 0.268. The minimum atomic E-state index is -0.759. The number of aromatic nitrogens is 1. The Kier molecular flexibility index (Phi) is 4.01. The van der Waals surface area contributed by atoms with Crippen LogP contribution in [-0.4, -0.2) is 28.3 Å². The van der Waals surface area contributed by atoms with Crippen LogP contribution < -0.4 is 5.32 Å². The van der Waals surface area contributed by atoms with Gasteiger partial charge in [0.15, 0.2) is 5.69 Å². The molecule has 2 N–H and O–H groups in total. The number of amides is 1. The Balaban J connectivity index is 1.88. The summed E-state index contributed by atoms with van der Waals surface area (Å²) in [5.74, 6) is 0.317. The van der Waals surface area contributed by atoms with Crippen molar-refractivity contribution >= 4 is 5.91 Å². The Morgan fingerprint density at radius 2 is 2.11 bits per heavy atom. The van der Waals surface area contributed by atoms with Crippen LogP contribution in [0.3, 0.4) is 0 Å². The van der Waals surface area contributed by atoms with E-state index in [1.54, 1.807) is 13.0 Å². The molecule has 0 atom stereocenters. The SMILES string of the molecule is Cc1cc(C(=O)NCC2(O)CCCCCC2)no1. The molecule has 1 fully saturated rings. The summed E-state index contributed by atoms with van der Waals surface area (Å²) in [5.41, 5.74) is -0.491. The normalized spacial score (nSPS) is 19.2. The Morgan fingerprint density at radius 1 is 1.44 bits per heavy atom. The molecule has 0 aromatic carbocycles. The number of carbonyl (C=O) groups is 1. The summed E-state index contributed by atoms with van der Waals surface area (Å²) < 4.78 is 4.85. The molecule has 0 unspecified atom stereocenters. The van der Waals surface area contributed by atoms with Gasteiger partial charge in [-0.15, -0.1) is 0 Å². The van der Waals surface area contributed by atoms with E-state index in [2.05, 4.69) is 10.5 Å². The quantitative estimate of drug-likeness (QED) is 0.804. The molecular weight excluding hydrogens is 232 g/mol. The smallest absolute Gasteiger partial charge is 0.273 e. The van der Waals surface area contributed by atoms with Crippen LogP contribution >= 0.6 is 0 Å². The van der Waals surface area contributed by atoms with E-state index in [1.165, 1.54) is 12.8 Å². The summed E-state index contributed by atoms with van der Waals surface area (Å²) in [7, 11) is 0. The lowest BCUT2D eigenvalue weighted by Gasteiger charge is -2.26. The van der Waals surface area contributed by atoms with Gasteiger partial charge in [0.2, 0.25) is 0 Å². The zero-order valence-electron chi connectivity index (χ0n) is 10.7. The lowest BCUT2D eigenvalue weighted by molar-refractivity contribution is 0.0245. The maximum atomic E-state index is 11.8. The number of hydrogen-bond acceptors (Lipinski definition) is 4. The molecule has 1 heterocycles. The molecule has 1 aliphatic carbocycles. The van der Waals surface area contributed by atoms with Gasteiger partial charge in [-0.2, -0.15) is 0 Å². The highest BCUT2D eigenvalue weighted by atomic mass is 16.5. The third kappa shape index (κ3) is 3.32. The van der Waals surface area contributed by atoms with Crippen molar-refractivity contribution in [2.24, 2.45) is 0 Å². The van der Waals surface area contributed by atoms with Crippen molar-refractivity contribution in [1.82, 2.24) is 10.5 Å². The predicted octanol–water partition coefficient (Wildman–Crippen LogP) is 1.80. The second-order valence-electron chi connectivity index (χ2n) is 5.14. The van der Waals surface area contributed by atoms with Crippen LogP contribution in [0.25, 0.3) is 0 Å². The Morgan fingerprint density at radius 3 is 2.67 bits per heavy atom. The molecule has 100 valence electrons. The lowest BCUT2D eigenvalue weighted by atomic mass is 9.94. The maximum absolute atomic E-state index is 11.8. The molecule has 0 bridgehead atoms. The molecule has 1 aromatic rings. The molecule has 2 rings (SSSR count). The summed E-state index contributed by atoms with van der Waals surface area (Å²) in [5, 5.41) is 16.8. The second kappa shape index (κ2) is 5.52. The molecule has 0 saturated heterocycles. The monoisotopic (exact) mass is 252 g/mol. The van der Waals surface area contributed by atoms with E-state index < -0.39 is 5.60 Å². The van der Waals surface area contributed by atoms with Crippen LogP contribution in [0.4, 0.5) is 0 Å². The molecular formula is C13H20N2O3. The number of nitrogens with zero attached hydrogens (tertiary/aromatic N) is 1. The van der Waals surface area contributed by atoms with E-state index in [9.17, 15) is 9.90 Å². The Bertz CT molecular complexity index is 406. The lowest BCUT2D eigenvalue weighted by Crippen LogP contribution is -2.42. The summed E-state index contributed by atoms with van der Waals surface area (Å²) in [4.78, 5) is 11.8. The van der Waals surface area contributed by atoms with Crippen molar-refractivity contribution in [3.63, 3.8) is 0 Å². The first-order chi connectivity index (χ1) is 8.59. The largest absolute Gasteiger partial charge is 0.388 e. The molecule has 0 aliphatic heterocycles. The zero-order chi connectivity index (χ0) is 13.0. The Hall–Kier alpha value is -1.36. The first-order valence-corrected chi connectivity index (χ1v) is 6.53. The van der Waals surface area contributed by atoms with Gasteiger partial charge in [0.1, 0.15) is 5.76 Å². The van der Waals surface area contributed by atoms with E-state index in [4.69, 9.17) is 4.52 Å². The first kappa shape index (κ1) is 13.1. The second-order valence-corrected chi connectivity index (χ2v) is 5.14. The number of aryl methyl sites for hydroxylation is 1. The summed E-state index contributed by atoms with van der Waals surface area (Å²) in [6.07, 6.45) is 5.89. The van der Waals surface area contributed by atoms with Crippen LogP contribution in [0.2, 0.25) is 0 Å².